The number of nitrogens with zero attached hydrogens (tertiary/aromatic N) is 1. The predicted molar refractivity (Wildman–Crippen MR) is 121 cm³/mol. The third-order valence-corrected chi connectivity index (χ3v) is 5.77. The van der Waals surface area contributed by atoms with Crippen LogP contribution < -0.4 is 24.8 Å². The Morgan fingerprint density at radius 3 is 2.18 bits per heavy atom. The first-order chi connectivity index (χ1) is 15.9. The second-order valence-electron chi connectivity index (χ2n) is 7.76. The number of benzene rings is 2. The Kier molecular flexibility index (Phi) is 7.97. The highest BCUT2D eigenvalue weighted by Gasteiger charge is 2.41. The molecule has 0 saturated carbocycles. The number of urea groups is 1. The standard InChI is InChI=1S/C24H30FN3O5/c1-5-26-24(30)28-13-18(16-10-20(31-2)22(33-4)21(11-16)32-3)19(14-28)23(29)27-12-15-6-8-17(25)9-7-15/h6-11,18-19H,5,12-14H2,1-4H3,(H,26,30)(H,27,29)/t18-,19+/m0/s1. The van der Waals surface area contributed by atoms with E-state index in [4.69, 9.17) is 14.2 Å². The normalized spacial score (nSPS) is 17.4. The van der Waals surface area contributed by atoms with Crippen LogP contribution in [-0.4, -0.2) is 57.8 Å². The van der Waals surface area contributed by atoms with Crippen molar-refractivity contribution in [3.8, 4) is 17.2 Å². The van der Waals surface area contributed by atoms with E-state index in [9.17, 15) is 14.0 Å². The molecule has 3 rings (SSSR count). The molecule has 9 heteroatoms. The fourth-order valence-electron chi connectivity index (χ4n) is 4.07. The summed E-state index contributed by atoms with van der Waals surface area (Å²) in [5.41, 5.74) is 1.59. The number of methoxy groups -OCH3 is 3. The van der Waals surface area contributed by atoms with Crippen molar-refractivity contribution in [2.75, 3.05) is 41.0 Å². The van der Waals surface area contributed by atoms with Crippen LogP contribution in [0.1, 0.15) is 24.0 Å². The van der Waals surface area contributed by atoms with Gasteiger partial charge in [-0.25, -0.2) is 9.18 Å². The van der Waals surface area contributed by atoms with Crippen LogP contribution in [0.25, 0.3) is 0 Å². The molecule has 1 saturated heterocycles. The summed E-state index contributed by atoms with van der Waals surface area (Å²) in [5.74, 6) is 0.123. The van der Waals surface area contributed by atoms with E-state index in [-0.39, 0.29) is 36.8 Å². The Hall–Kier alpha value is -3.49. The molecule has 178 valence electrons. The number of hydrogen-bond acceptors (Lipinski definition) is 5. The fraction of sp³-hybridized carbons (Fsp3) is 0.417. The molecule has 2 atom stereocenters. The van der Waals surface area contributed by atoms with Gasteiger partial charge in [0.05, 0.1) is 27.2 Å². The number of rotatable bonds is 8. The monoisotopic (exact) mass is 459 g/mol. The summed E-state index contributed by atoms with van der Waals surface area (Å²) in [7, 11) is 4.59. The number of hydrogen-bond donors (Lipinski definition) is 2. The topological polar surface area (TPSA) is 89.1 Å². The maximum Gasteiger partial charge on any atom is 0.317 e. The van der Waals surface area contributed by atoms with Crippen molar-refractivity contribution in [1.82, 2.24) is 15.5 Å². The zero-order valence-corrected chi connectivity index (χ0v) is 19.3. The lowest BCUT2D eigenvalue weighted by atomic mass is 9.87. The first kappa shape index (κ1) is 24.2. The largest absolute Gasteiger partial charge is 0.493 e. The number of amides is 3. The van der Waals surface area contributed by atoms with E-state index in [2.05, 4.69) is 10.6 Å². The van der Waals surface area contributed by atoms with Gasteiger partial charge >= 0.3 is 6.03 Å². The van der Waals surface area contributed by atoms with Crippen LogP contribution in [0, 0.1) is 11.7 Å². The molecule has 2 aromatic carbocycles. The number of likely N-dealkylation sites (tertiary alicyclic amines) is 1. The van der Waals surface area contributed by atoms with Gasteiger partial charge in [-0.1, -0.05) is 12.1 Å². The van der Waals surface area contributed by atoms with E-state index in [1.165, 1.54) is 33.5 Å². The third-order valence-electron chi connectivity index (χ3n) is 5.77. The molecule has 0 unspecified atom stereocenters. The van der Waals surface area contributed by atoms with Crippen LogP contribution in [0.4, 0.5) is 9.18 Å². The van der Waals surface area contributed by atoms with Crippen molar-refractivity contribution in [2.45, 2.75) is 19.4 Å². The molecule has 2 aromatic rings. The number of halogens is 1. The van der Waals surface area contributed by atoms with Gasteiger partial charge in [0.1, 0.15) is 5.82 Å². The van der Waals surface area contributed by atoms with Crippen LogP contribution in [0.15, 0.2) is 36.4 Å². The summed E-state index contributed by atoms with van der Waals surface area (Å²) < 4.78 is 29.5. The van der Waals surface area contributed by atoms with Crippen LogP contribution in [0.5, 0.6) is 17.2 Å². The molecule has 2 N–H and O–H groups in total. The molecule has 1 aliphatic rings. The Bertz CT molecular complexity index is 958. The minimum absolute atomic E-state index is 0.190. The molecule has 33 heavy (non-hydrogen) atoms. The summed E-state index contributed by atoms with van der Waals surface area (Å²) in [5, 5.41) is 5.72. The second-order valence-corrected chi connectivity index (χ2v) is 7.76. The van der Waals surface area contributed by atoms with E-state index in [1.54, 1.807) is 17.0 Å². The molecule has 8 nitrogen and oxygen atoms in total. The molecule has 3 amide bonds. The predicted octanol–water partition coefficient (Wildman–Crippen LogP) is 2.91. The average molecular weight is 460 g/mol. The Morgan fingerprint density at radius 2 is 1.64 bits per heavy atom. The SMILES string of the molecule is CCNC(=O)N1C[C@@H](C(=O)NCc2ccc(F)cc2)[C@H](c2cc(OC)c(OC)c(OC)c2)C1. The number of ether oxygens (including phenoxy) is 3. The van der Waals surface area contributed by atoms with E-state index in [0.717, 1.165) is 11.1 Å². The highest BCUT2D eigenvalue weighted by Crippen LogP contribution is 2.43. The Morgan fingerprint density at radius 1 is 1.00 bits per heavy atom. The van der Waals surface area contributed by atoms with E-state index in [1.807, 2.05) is 19.1 Å². The first-order valence-electron chi connectivity index (χ1n) is 10.8. The van der Waals surface area contributed by atoms with Gasteiger partial charge < -0.3 is 29.7 Å². The molecule has 0 aromatic heterocycles. The summed E-state index contributed by atoms with van der Waals surface area (Å²) in [6, 6.07) is 9.37. The number of carbonyl (C=O) groups is 2. The van der Waals surface area contributed by atoms with Crippen molar-refractivity contribution < 1.29 is 28.2 Å². The van der Waals surface area contributed by atoms with E-state index < -0.39 is 5.92 Å². The quantitative estimate of drug-likeness (QED) is 0.634. The van der Waals surface area contributed by atoms with Gasteiger partial charge in [0.2, 0.25) is 11.7 Å². The van der Waals surface area contributed by atoms with Gasteiger partial charge in [0.15, 0.2) is 11.5 Å². The molecule has 0 radical (unpaired) electrons. The minimum Gasteiger partial charge on any atom is -0.493 e. The Labute approximate surface area is 193 Å². The van der Waals surface area contributed by atoms with Crippen molar-refractivity contribution in [3.63, 3.8) is 0 Å². The molecular weight excluding hydrogens is 429 g/mol. The second kappa shape index (κ2) is 10.9. The zero-order chi connectivity index (χ0) is 24.0. The van der Waals surface area contributed by atoms with Crippen molar-refractivity contribution >= 4 is 11.9 Å². The molecule has 1 heterocycles. The van der Waals surface area contributed by atoms with Gasteiger partial charge in [-0.15, -0.1) is 0 Å². The van der Waals surface area contributed by atoms with Crippen LogP contribution in [0.2, 0.25) is 0 Å². The molecule has 1 aliphatic heterocycles. The lowest BCUT2D eigenvalue weighted by Gasteiger charge is -2.21. The summed E-state index contributed by atoms with van der Waals surface area (Å²) >= 11 is 0. The smallest absolute Gasteiger partial charge is 0.317 e. The van der Waals surface area contributed by atoms with E-state index >= 15 is 0 Å². The summed E-state index contributed by atoms with van der Waals surface area (Å²) in [6.07, 6.45) is 0. The van der Waals surface area contributed by atoms with Gasteiger partial charge in [0.25, 0.3) is 0 Å². The highest BCUT2D eigenvalue weighted by molar-refractivity contribution is 5.83. The Balaban J connectivity index is 1.88. The minimum atomic E-state index is -0.490. The maximum absolute atomic E-state index is 13.2. The van der Waals surface area contributed by atoms with Gasteiger partial charge in [-0.3, -0.25) is 4.79 Å². The molecule has 0 bridgehead atoms. The molecule has 1 fully saturated rings. The molecule has 0 spiro atoms. The summed E-state index contributed by atoms with van der Waals surface area (Å²) in [4.78, 5) is 27.4. The third kappa shape index (κ3) is 5.47. The lowest BCUT2D eigenvalue weighted by molar-refractivity contribution is -0.125. The van der Waals surface area contributed by atoms with Crippen molar-refractivity contribution in [1.29, 1.82) is 0 Å². The molecular formula is C24H30FN3O5. The maximum atomic E-state index is 13.2. The van der Waals surface area contributed by atoms with Crippen molar-refractivity contribution in [3.05, 3.63) is 53.3 Å². The summed E-state index contributed by atoms with van der Waals surface area (Å²) in [6.45, 7) is 3.23. The lowest BCUT2D eigenvalue weighted by Crippen LogP contribution is -2.39. The zero-order valence-electron chi connectivity index (χ0n) is 19.3. The van der Waals surface area contributed by atoms with Crippen LogP contribution >= 0.6 is 0 Å². The highest BCUT2D eigenvalue weighted by atomic mass is 19.1. The number of carbonyl (C=O) groups excluding carboxylic acids is 2. The number of nitrogens with one attached hydrogen (secondary N) is 2. The van der Waals surface area contributed by atoms with Gasteiger partial charge in [0, 0.05) is 32.1 Å². The van der Waals surface area contributed by atoms with Crippen LogP contribution in [-0.2, 0) is 11.3 Å². The average Bonchev–Trinajstić information content (AvgIpc) is 3.28. The van der Waals surface area contributed by atoms with Gasteiger partial charge in [-0.05, 0) is 42.3 Å². The van der Waals surface area contributed by atoms with Crippen LogP contribution in [0.3, 0.4) is 0 Å². The van der Waals surface area contributed by atoms with E-state index in [0.29, 0.717) is 30.3 Å². The van der Waals surface area contributed by atoms with Crippen molar-refractivity contribution in [2.24, 2.45) is 5.92 Å². The molecule has 0 aliphatic carbocycles. The fourth-order valence-corrected chi connectivity index (χ4v) is 4.07. The van der Waals surface area contributed by atoms with Gasteiger partial charge in [-0.2, -0.15) is 0 Å². The first-order valence-corrected chi connectivity index (χ1v) is 10.8.